The number of fused-ring (bicyclic) bond motifs is 1. The SMILES string of the molecule is COc1ccc(C[NH+](C)CN2C(=O)C(=O)c3cc(Cl)ccc32)cc1. The first-order valence-electron chi connectivity index (χ1n) is 7.59. The lowest BCUT2D eigenvalue weighted by Gasteiger charge is -2.21. The quantitative estimate of drug-likeness (QED) is 0.837. The number of nitrogens with zero attached hydrogens (tertiary/aromatic N) is 1. The molecule has 0 bridgehead atoms. The van der Waals surface area contributed by atoms with Gasteiger partial charge in [0.1, 0.15) is 12.3 Å². The maximum absolute atomic E-state index is 12.2. The van der Waals surface area contributed by atoms with Gasteiger partial charge in [0.25, 0.3) is 5.78 Å². The van der Waals surface area contributed by atoms with Crippen LogP contribution in [-0.4, -0.2) is 32.5 Å². The van der Waals surface area contributed by atoms with E-state index in [4.69, 9.17) is 16.3 Å². The summed E-state index contributed by atoms with van der Waals surface area (Å²) < 4.78 is 5.15. The van der Waals surface area contributed by atoms with Crippen LogP contribution >= 0.6 is 11.6 Å². The van der Waals surface area contributed by atoms with Crippen LogP contribution in [0.1, 0.15) is 15.9 Å². The number of rotatable bonds is 5. The number of halogens is 1. The molecule has 124 valence electrons. The van der Waals surface area contributed by atoms with Gasteiger partial charge in [-0.05, 0) is 42.5 Å². The molecule has 1 N–H and O–H groups in total. The molecule has 1 atom stereocenters. The lowest BCUT2D eigenvalue weighted by atomic mass is 10.1. The second-order valence-electron chi connectivity index (χ2n) is 5.86. The third-order valence-corrected chi connectivity index (χ3v) is 4.26. The van der Waals surface area contributed by atoms with Crippen LogP contribution in [0.3, 0.4) is 0 Å². The highest BCUT2D eigenvalue weighted by Gasteiger charge is 2.37. The van der Waals surface area contributed by atoms with E-state index in [0.29, 0.717) is 22.9 Å². The van der Waals surface area contributed by atoms with Crippen molar-refractivity contribution >= 4 is 29.0 Å². The van der Waals surface area contributed by atoms with Crippen LogP contribution in [0.25, 0.3) is 0 Å². The fourth-order valence-electron chi connectivity index (χ4n) is 2.85. The van der Waals surface area contributed by atoms with Crippen molar-refractivity contribution < 1.29 is 19.2 Å². The smallest absolute Gasteiger partial charge is 0.303 e. The zero-order chi connectivity index (χ0) is 17.3. The number of amides is 1. The highest BCUT2D eigenvalue weighted by atomic mass is 35.5. The number of hydrogen-bond donors (Lipinski definition) is 1. The van der Waals surface area contributed by atoms with Gasteiger partial charge in [-0.15, -0.1) is 0 Å². The molecule has 2 aromatic carbocycles. The minimum atomic E-state index is -0.499. The Labute approximate surface area is 145 Å². The number of anilines is 1. The topological polar surface area (TPSA) is 51.1 Å². The molecule has 2 aromatic rings. The lowest BCUT2D eigenvalue weighted by Crippen LogP contribution is -3.09. The van der Waals surface area contributed by atoms with Crippen molar-refractivity contribution in [3.8, 4) is 5.75 Å². The van der Waals surface area contributed by atoms with Gasteiger partial charge in [-0.3, -0.25) is 14.5 Å². The fourth-order valence-corrected chi connectivity index (χ4v) is 3.02. The van der Waals surface area contributed by atoms with Crippen LogP contribution in [0.2, 0.25) is 5.02 Å². The normalized spacial score (nSPS) is 14.7. The van der Waals surface area contributed by atoms with Gasteiger partial charge in [0.2, 0.25) is 0 Å². The minimum Gasteiger partial charge on any atom is -0.497 e. The molecule has 6 heteroatoms. The maximum atomic E-state index is 12.2. The monoisotopic (exact) mass is 345 g/mol. The molecule has 1 aliphatic heterocycles. The molecular weight excluding hydrogens is 328 g/mol. The minimum absolute atomic E-state index is 0.379. The summed E-state index contributed by atoms with van der Waals surface area (Å²) in [4.78, 5) is 27.0. The van der Waals surface area contributed by atoms with Crippen molar-refractivity contribution in [3.05, 3.63) is 58.6 Å². The molecule has 5 nitrogen and oxygen atoms in total. The highest BCUT2D eigenvalue weighted by molar-refractivity contribution is 6.52. The number of Topliss-reactive ketones (excluding diaryl/α,β-unsaturated/α-hetero) is 1. The van der Waals surface area contributed by atoms with E-state index in [1.165, 1.54) is 4.90 Å². The van der Waals surface area contributed by atoms with Crippen molar-refractivity contribution in [2.45, 2.75) is 6.54 Å². The zero-order valence-electron chi connectivity index (χ0n) is 13.5. The van der Waals surface area contributed by atoms with Crippen LogP contribution in [0, 0.1) is 0 Å². The molecule has 1 heterocycles. The number of methoxy groups -OCH3 is 1. The average molecular weight is 346 g/mol. The van der Waals surface area contributed by atoms with E-state index in [1.807, 2.05) is 31.3 Å². The molecule has 1 aliphatic rings. The molecule has 0 aromatic heterocycles. The summed E-state index contributed by atoms with van der Waals surface area (Å²) in [5, 5.41) is 0.454. The number of quaternary nitrogens is 1. The van der Waals surface area contributed by atoms with E-state index in [0.717, 1.165) is 22.8 Å². The number of nitrogens with one attached hydrogen (secondary N) is 1. The van der Waals surface area contributed by atoms with E-state index < -0.39 is 11.7 Å². The van der Waals surface area contributed by atoms with E-state index in [2.05, 4.69) is 0 Å². The standard InChI is InChI=1S/C18H17ClN2O3/c1-20(10-12-3-6-14(24-2)7-4-12)11-21-16-8-5-13(19)9-15(16)17(22)18(21)23/h3-9H,10-11H2,1-2H3/p+1. The molecule has 0 saturated heterocycles. The van der Waals surface area contributed by atoms with Crippen molar-refractivity contribution in [2.75, 3.05) is 25.7 Å². The number of carbonyl (C=O) groups is 2. The summed E-state index contributed by atoms with van der Waals surface area (Å²) in [6.07, 6.45) is 0. The van der Waals surface area contributed by atoms with Gasteiger partial charge < -0.3 is 9.64 Å². The van der Waals surface area contributed by atoms with E-state index >= 15 is 0 Å². The van der Waals surface area contributed by atoms with Crippen molar-refractivity contribution in [1.29, 1.82) is 0 Å². The average Bonchev–Trinajstić information content (AvgIpc) is 2.80. The number of hydrogen-bond acceptors (Lipinski definition) is 3. The summed E-state index contributed by atoms with van der Waals surface area (Å²) in [6, 6.07) is 12.8. The number of ketones is 1. The fraction of sp³-hybridized carbons (Fsp3) is 0.222. The Hall–Kier alpha value is -2.37. The van der Waals surface area contributed by atoms with Gasteiger partial charge >= 0.3 is 5.91 Å². The Morgan fingerprint density at radius 3 is 2.50 bits per heavy atom. The predicted octanol–water partition coefficient (Wildman–Crippen LogP) is 1.55. The van der Waals surface area contributed by atoms with Gasteiger partial charge in [0.15, 0.2) is 6.67 Å². The molecule has 1 unspecified atom stereocenters. The molecule has 0 saturated carbocycles. The Bertz CT molecular complexity index is 789. The Morgan fingerprint density at radius 1 is 1.12 bits per heavy atom. The van der Waals surface area contributed by atoms with Gasteiger partial charge in [0.05, 0.1) is 25.4 Å². The molecule has 0 radical (unpaired) electrons. The molecule has 1 amide bonds. The van der Waals surface area contributed by atoms with Crippen molar-refractivity contribution in [2.24, 2.45) is 0 Å². The van der Waals surface area contributed by atoms with Crippen LogP contribution < -0.4 is 14.5 Å². The summed E-state index contributed by atoms with van der Waals surface area (Å²) in [5.41, 5.74) is 2.14. The number of ether oxygens (including phenoxy) is 1. The molecular formula is C18H18ClN2O3+. The predicted molar refractivity (Wildman–Crippen MR) is 91.7 cm³/mol. The van der Waals surface area contributed by atoms with Crippen LogP contribution in [-0.2, 0) is 11.3 Å². The molecule has 0 fully saturated rings. The van der Waals surface area contributed by atoms with Gasteiger partial charge in [-0.25, -0.2) is 0 Å². The van der Waals surface area contributed by atoms with E-state index in [9.17, 15) is 9.59 Å². The number of carbonyl (C=O) groups excluding carboxylic acids is 2. The van der Waals surface area contributed by atoms with Gasteiger partial charge in [-0.1, -0.05) is 11.6 Å². The first-order valence-corrected chi connectivity index (χ1v) is 7.97. The molecule has 3 rings (SSSR count). The van der Waals surface area contributed by atoms with Gasteiger partial charge in [-0.2, -0.15) is 0 Å². The summed E-state index contributed by atoms with van der Waals surface area (Å²) in [5.74, 6) is -0.186. The third kappa shape index (κ3) is 3.13. The third-order valence-electron chi connectivity index (χ3n) is 4.03. The summed E-state index contributed by atoms with van der Waals surface area (Å²) in [7, 11) is 3.61. The number of benzene rings is 2. The Balaban J connectivity index is 1.73. The highest BCUT2D eigenvalue weighted by Crippen LogP contribution is 2.30. The second-order valence-corrected chi connectivity index (χ2v) is 6.30. The van der Waals surface area contributed by atoms with E-state index in [-0.39, 0.29) is 0 Å². The summed E-state index contributed by atoms with van der Waals surface area (Å²) >= 11 is 5.92. The molecule has 0 spiro atoms. The molecule has 24 heavy (non-hydrogen) atoms. The Kier molecular flexibility index (Phi) is 4.55. The lowest BCUT2D eigenvalue weighted by molar-refractivity contribution is -0.892. The van der Waals surface area contributed by atoms with Crippen molar-refractivity contribution in [3.63, 3.8) is 0 Å². The summed E-state index contributed by atoms with van der Waals surface area (Å²) in [6.45, 7) is 1.14. The van der Waals surface area contributed by atoms with Crippen LogP contribution in [0.5, 0.6) is 5.75 Å². The molecule has 0 aliphatic carbocycles. The zero-order valence-corrected chi connectivity index (χ0v) is 14.3. The first-order chi connectivity index (χ1) is 11.5. The van der Waals surface area contributed by atoms with Gasteiger partial charge in [0, 0.05) is 10.6 Å². The first kappa shape index (κ1) is 16.5. The van der Waals surface area contributed by atoms with E-state index in [1.54, 1.807) is 25.3 Å². The van der Waals surface area contributed by atoms with Crippen LogP contribution in [0.15, 0.2) is 42.5 Å². The largest absolute Gasteiger partial charge is 0.497 e. The van der Waals surface area contributed by atoms with Crippen molar-refractivity contribution in [1.82, 2.24) is 0 Å². The van der Waals surface area contributed by atoms with Crippen LogP contribution in [0.4, 0.5) is 5.69 Å². The Morgan fingerprint density at radius 2 is 1.83 bits per heavy atom. The second kappa shape index (κ2) is 6.63. The maximum Gasteiger partial charge on any atom is 0.303 e.